The van der Waals surface area contributed by atoms with Gasteiger partial charge in [-0.25, -0.2) is 0 Å². The van der Waals surface area contributed by atoms with Gasteiger partial charge < -0.3 is 5.32 Å². The lowest BCUT2D eigenvalue weighted by molar-refractivity contribution is 0.180. The molecule has 2 heteroatoms. The van der Waals surface area contributed by atoms with Crippen LogP contribution < -0.4 is 5.32 Å². The Morgan fingerprint density at radius 2 is 2.00 bits per heavy atom. The van der Waals surface area contributed by atoms with Crippen LogP contribution in [0.15, 0.2) is 0 Å². The zero-order chi connectivity index (χ0) is 10.6. The van der Waals surface area contributed by atoms with Crippen molar-refractivity contribution in [3.05, 3.63) is 0 Å². The van der Waals surface area contributed by atoms with Crippen LogP contribution in [0, 0.1) is 5.92 Å². The molecule has 0 radical (unpaired) electrons. The smallest absolute Gasteiger partial charge is 0.0232 e. The minimum Gasteiger partial charge on any atom is -0.315 e. The molecule has 84 valence electrons. The van der Waals surface area contributed by atoms with Gasteiger partial charge in [0.2, 0.25) is 0 Å². The molecule has 0 spiro atoms. The molecular formula is C12H26N2. The summed E-state index contributed by atoms with van der Waals surface area (Å²) in [5.74, 6) is 0.840. The molecule has 1 aliphatic rings. The third kappa shape index (κ3) is 3.58. The van der Waals surface area contributed by atoms with E-state index in [2.05, 4.69) is 38.0 Å². The molecule has 0 saturated carbocycles. The second-order valence-corrected chi connectivity index (χ2v) is 5.13. The van der Waals surface area contributed by atoms with Crippen molar-refractivity contribution < 1.29 is 0 Å². The van der Waals surface area contributed by atoms with E-state index < -0.39 is 0 Å². The first-order valence-electron chi connectivity index (χ1n) is 6.04. The molecule has 1 N–H and O–H groups in total. The molecule has 1 aliphatic heterocycles. The summed E-state index contributed by atoms with van der Waals surface area (Å²) in [5.41, 5.74) is 0. The van der Waals surface area contributed by atoms with Crippen LogP contribution in [0.2, 0.25) is 0 Å². The van der Waals surface area contributed by atoms with Gasteiger partial charge in [0.05, 0.1) is 0 Å². The fourth-order valence-corrected chi connectivity index (χ4v) is 2.13. The Kier molecular flexibility index (Phi) is 4.90. The number of nitrogens with zero attached hydrogens (tertiary/aromatic N) is 1. The van der Waals surface area contributed by atoms with Gasteiger partial charge in [-0.3, -0.25) is 4.90 Å². The molecule has 2 unspecified atom stereocenters. The van der Waals surface area contributed by atoms with Crippen LogP contribution >= 0.6 is 0 Å². The summed E-state index contributed by atoms with van der Waals surface area (Å²) in [6.07, 6.45) is 4.01. The number of nitrogens with one attached hydrogen (secondary N) is 1. The van der Waals surface area contributed by atoms with Crippen molar-refractivity contribution in [1.82, 2.24) is 10.2 Å². The predicted molar refractivity (Wildman–Crippen MR) is 62.6 cm³/mol. The van der Waals surface area contributed by atoms with Crippen molar-refractivity contribution in [3.8, 4) is 0 Å². The highest BCUT2D eigenvalue weighted by Gasteiger charge is 2.22. The Hall–Kier alpha value is -0.0800. The molecule has 1 fully saturated rings. The van der Waals surface area contributed by atoms with Gasteiger partial charge in [0.15, 0.2) is 0 Å². The monoisotopic (exact) mass is 198 g/mol. The van der Waals surface area contributed by atoms with Gasteiger partial charge in [0.25, 0.3) is 0 Å². The molecule has 1 rings (SSSR count). The molecule has 2 nitrogen and oxygen atoms in total. The number of hydrogen-bond donors (Lipinski definition) is 1. The van der Waals surface area contributed by atoms with E-state index in [9.17, 15) is 0 Å². The summed E-state index contributed by atoms with van der Waals surface area (Å²) in [5, 5.41) is 3.43. The van der Waals surface area contributed by atoms with E-state index in [0.717, 1.165) is 18.0 Å². The topological polar surface area (TPSA) is 15.3 Å². The maximum Gasteiger partial charge on any atom is 0.0232 e. The molecule has 0 aromatic carbocycles. The van der Waals surface area contributed by atoms with Crippen molar-refractivity contribution in [1.29, 1.82) is 0 Å². The van der Waals surface area contributed by atoms with Gasteiger partial charge in [0, 0.05) is 18.6 Å². The van der Waals surface area contributed by atoms with E-state index in [1.807, 2.05) is 0 Å². The van der Waals surface area contributed by atoms with Crippen molar-refractivity contribution in [2.24, 2.45) is 5.92 Å². The molecule has 0 aliphatic carbocycles. The SMILES string of the molecule is CC(C)CCC(C)N(C)C1CCNC1. The van der Waals surface area contributed by atoms with E-state index in [4.69, 9.17) is 0 Å². The summed E-state index contributed by atoms with van der Waals surface area (Å²) >= 11 is 0. The average molecular weight is 198 g/mol. The van der Waals surface area contributed by atoms with Crippen LogP contribution in [0.25, 0.3) is 0 Å². The summed E-state index contributed by atoms with van der Waals surface area (Å²) in [6, 6.07) is 1.51. The van der Waals surface area contributed by atoms with Crippen LogP contribution in [-0.4, -0.2) is 37.1 Å². The highest BCUT2D eigenvalue weighted by Crippen LogP contribution is 2.15. The number of rotatable bonds is 5. The van der Waals surface area contributed by atoms with Gasteiger partial charge in [-0.2, -0.15) is 0 Å². The maximum absolute atomic E-state index is 3.43. The fourth-order valence-electron chi connectivity index (χ4n) is 2.13. The summed E-state index contributed by atoms with van der Waals surface area (Å²) < 4.78 is 0. The lowest BCUT2D eigenvalue weighted by atomic mass is 10.0. The zero-order valence-electron chi connectivity index (χ0n) is 10.2. The molecule has 0 bridgehead atoms. The van der Waals surface area contributed by atoms with Gasteiger partial charge in [-0.1, -0.05) is 13.8 Å². The van der Waals surface area contributed by atoms with Crippen LogP contribution in [-0.2, 0) is 0 Å². The first-order chi connectivity index (χ1) is 6.61. The fraction of sp³-hybridized carbons (Fsp3) is 1.00. The molecule has 1 heterocycles. The molecular weight excluding hydrogens is 172 g/mol. The van der Waals surface area contributed by atoms with Crippen LogP contribution in [0.1, 0.15) is 40.0 Å². The second kappa shape index (κ2) is 5.72. The lowest BCUT2D eigenvalue weighted by Gasteiger charge is -2.30. The molecule has 0 aromatic rings. The van der Waals surface area contributed by atoms with E-state index in [1.54, 1.807) is 0 Å². The van der Waals surface area contributed by atoms with Crippen LogP contribution in [0.4, 0.5) is 0 Å². The largest absolute Gasteiger partial charge is 0.315 e. The third-order valence-corrected chi connectivity index (χ3v) is 3.47. The molecule has 0 aromatic heterocycles. The zero-order valence-corrected chi connectivity index (χ0v) is 10.2. The Morgan fingerprint density at radius 1 is 1.29 bits per heavy atom. The second-order valence-electron chi connectivity index (χ2n) is 5.13. The highest BCUT2D eigenvalue weighted by atomic mass is 15.2. The Bertz CT molecular complexity index is 150. The molecule has 1 saturated heterocycles. The minimum absolute atomic E-state index is 0.738. The first-order valence-corrected chi connectivity index (χ1v) is 6.04. The van der Waals surface area contributed by atoms with Crippen molar-refractivity contribution in [3.63, 3.8) is 0 Å². The first kappa shape index (κ1) is 12.0. The quantitative estimate of drug-likeness (QED) is 0.728. The normalized spacial score (nSPS) is 24.9. The van der Waals surface area contributed by atoms with Crippen molar-refractivity contribution in [2.45, 2.75) is 52.1 Å². The van der Waals surface area contributed by atoms with Crippen LogP contribution in [0.3, 0.4) is 0 Å². The lowest BCUT2D eigenvalue weighted by Crippen LogP contribution is -2.39. The Labute approximate surface area is 89.1 Å². The Morgan fingerprint density at radius 3 is 2.50 bits per heavy atom. The number of hydrogen-bond acceptors (Lipinski definition) is 2. The third-order valence-electron chi connectivity index (χ3n) is 3.47. The van der Waals surface area contributed by atoms with E-state index in [0.29, 0.717) is 0 Å². The molecule has 2 atom stereocenters. The summed E-state index contributed by atoms with van der Waals surface area (Å²) in [7, 11) is 2.28. The van der Waals surface area contributed by atoms with Gasteiger partial charge >= 0.3 is 0 Å². The standard InChI is InChI=1S/C12H26N2/c1-10(2)5-6-11(3)14(4)12-7-8-13-9-12/h10-13H,5-9H2,1-4H3. The van der Waals surface area contributed by atoms with Crippen LogP contribution in [0.5, 0.6) is 0 Å². The van der Waals surface area contributed by atoms with E-state index in [-0.39, 0.29) is 0 Å². The van der Waals surface area contributed by atoms with Gasteiger partial charge in [-0.05, 0) is 45.7 Å². The van der Waals surface area contributed by atoms with Gasteiger partial charge in [-0.15, -0.1) is 0 Å². The van der Waals surface area contributed by atoms with E-state index >= 15 is 0 Å². The maximum atomic E-state index is 3.43. The van der Waals surface area contributed by atoms with Gasteiger partial charge in [0.1, 0.15) is 0 Å². The van der Waals surface area contributed by atoms with Crippen molar-refractivity contribution in [2.75, 3.05) is 20.1 Å². The number of likely N-dealkylation sites (N-methyl/N-ethyl adjacent to an activating group) is 1. The minimum atomic E-state index is 0.738. The summed E-state index contributed by atoms with van der Waals surface area (Å²) in [6.45, 7) is 9.36. The average Bonchev–Trinajstić information content (AvgIpc) is 2.65. The highest BCUT2D eigenvalue weighted by molar-refractivity contribution is 4.81. The van der Waals surface area contributed by atoms with E-state index in [1.165, 1.54) is 32.4 Å². The molecule has 14 heavy (non-hydrogen) atoms. The molecule has 0 amide bonds. The van der Waals surface area contributed by atoms with Crippen molar-refractivity contribution >= 4 is 0 Å². The Balaban J connectivity index is 2.24. The predicted octanol–water partition coefficient (Wildman–Crippen LogP) is 2.10. The summed E-state index contributed by atoms with van der Waals surface area (Å²) in [4.78, 5) is 2.56.